The molecule has 4 rings (SSSR count). The summed E-state index contributed by atoms with van der Waals surface area (Å²) in [6, 6.07) is 21.3. The Bertz CT molecular complexity index is 1330. The molecule has 2 amide bonds. The summed E-state index contributed by atoms with van der Waals surface area (Å²) < 4.78 is 0. The SMILES string of the molecule is N=C(N)c1ccc(CNC(=O)C2CC(c3ccccc3Cc3ccccc3)CN2C(=O)CNCCC(=O)O)s1. The van der Waals surface area contributed by atoms with Gasteiger partial charge in [-0.05, 0) is 41.7 Å². The molecule has 0 aliphatic carbocycles. The number of carboxylic acid groups (broad SMARTS) is 1. The quantitative estimate of drug-likeness (QED) is 0.134. The summed E-state index contributed by atoms with van der Waals surface area (Å²) in [7, 11) is 0. The highest BCUT2D eigenvalue weighted by atomic mass is 32.1. The van der Waals surface area contributed by atoms with Crippen molar-refractivity contribution in [3.8, 4) is 0 Å². The molecule has 6 N–H and O–H groups in total. The Morgan fingerprint density at radius 2 is 1.79 bits per heavy atom. The number of carboxylic acids is 1. The third-order valence-electron chi connectivity index (χ3n) is 6.81. The van der Waals surface area contributed by atoms with Gasteiger partial charge in [-0.25, -0.2) is 0 Å². The Labute approximate surface area is 231 Å². The van der Waals surface area contributed by atoms with Gasteiger partial charge in [-0.3, -0.25) is 19.8 Å². The van der Waals surface area contributed by atoms with Crippen LogP contribution in [-0.4, -0.2) is 59.3 Å². The van der Waals surface area contributed by atoms with Crippen molar-refractivity contribution >= 4 is 35.0 Å². The largest absolute Gasteiger partial charge is 0.481 e. The van der Waals surface area contributed by atoms with Crippen molar-refractivity contribution in [2.75, 3.05) is 19.6 Å². The molecule has 39 heavy (non-hydrogen) atoms. The fourth-order valence-electron chi connectivity index (χ4n) is 4.90. The van der Waals surface area contributed by atoms with Crippen molar-refractivity contribution in [2.45, 2.75) is 37.8 Å². The van der Waals surface area contributed by atoms with E-state index < -0.39 is 12.0 Å². The van der Waals surface area contributed by atoms with E-state index in [-0.39, 0.29) is 49.6 Å². The summed E-state index contributed by atoms with van der Waals surface area (Å²) in [6.07, 6.45) is 1.16. The van der Waals surface area contributed by atoms with Crippen LogP contribution in [-0.2, 0) is 27.3 Å². The van der Waals surface area contributed by atoms with Crippen LogP contribution in [0.5, 0.6) is 0 Å². The highest BCUT2D eigenvalue weighted by Crippen LogP contribution is 2.34. The minimum absolute atomic E-state index is 0.0162. The van der Waals surface area contributed by atoms with Crippen molar-refractivity contribution in [2.24, 2.45) is 5.73 Å². The maximum Gasteiger partial charge on any atom is 0.304 e. The van der Waals surface area contributed by atoms with Gasteiger partial charge in [-0.15, -0.1) is 11.3 Å². The van der Waals surface area contributed by atoms with Gasteiger partial charge in [-0.2, -0.15) is 0 Å². The summed E-state index contributed by atoms with van der Waals surface area (Å²) in [6.45, 7) is 0.812. The molecule has 0 spiro atoms. The van der Waals surface area contributed by atoms with Gasteiger partial charge in [0.2, 0.25) is 11.8 Å². The van der Waals surface area contributed by atoms with Gasteiger partial charge in [0.05, 0.1) is 24.4 Å². The Morgan fingerprint density at radius 1 is 1.05 bits per heavy atom. The first-order valence-electron chi connectivity index (χ1n) is 12.9. The monoisotopic (exact) mass is 547 g/mol. The summed E-state index contributed by atoms with van der Waals surface area (Å²) in [5.74, 6) is -1.45. The Balaban J connectivity index is 1.50. The lowest BCUT2D eigenvalue weighted by atomic mass is 9.89. The number of carbonyl (C=O) groups is 3. The molecule has 9 nitrogen and oxygen atoms in total. The molecular weight excluding hydrogens is 514 g/mol. The first-order chi connectivity index (χ1) is 18.8. The minimum Gasteiger partial charge on any atom is -0.481 e. The molecule has 0 saturated carbocycles. The van der Waals surface area contributed by atoms with E-state index in [4.69, 9.17) is 16.2 Å². The Morgan fingerprint density at radius 3 is 2.51 bits per heavy atom. The Hall–Kier alpha value is -4.02. The van der Waals surface area contributed by atoms with E-state index in [9.17, 15) is 14.4 Å². The number of nitrogens with one attached hydrogen (secondary N) is 3. The highest BCUT2D eigenvalue weighted by Gasteiger charge is 2.40. The van der Waals surface area contributed by atoms with E-state index in [1.807, 2.05) is 36.4 Å². The number of thiophene rings is 1. The standard InChI is InChI=1S/C29H33N5O4S/c30-28(31)25-11-10-22(39-25)16-33-29(38)24-15-21(18-34(24)26(35)17-32-13-12-27(36)37)23-9-5-4-8-20(23)14-19-6-2-1-3-7-19/h1-11,21,24,32H,12-18H2,(H3,30,31)(H,33,38)(H,36,37). The van der Waals surface area contributed by atoms with Crippen LogP contribution in [0.4, 0.5) is 0 Å². The van der Waals surface area contributed by atoms with Crippen molar-refractivity contribution in [3.05, 3.63) is 93.2 Å². The maximum absolute atomic E-state index is 13.4. The molecule has 1 saturated heterocycles. The Kier molecular flexibility index (Phi) is 9.45. The van der Waals surface area contributed by atoms with Crippen molar-refractivity contribution < 1.29 is 19.5 Å². The van der Waals surface area contributed by atoms with Crippen LogP contribution in [0.2, 0.25) is 0 Å². The molecule has 2 unspecified atom stereocenters. The number of nitrogen functional groups attached to an aromatic ring is 1. The zero-order valence-corrected chi connectivity index (χ0v) is 22.4. The minimum atomic E-state index is -0.940. The number of amides is 2. The molecule has 10 heteroatoms. The molecule has 1 fully saturated rings. The predicted molar refractivity (Wildman–Crippen MR) is 151 cm³/mol. The van der Waals surface area contributed by atoms with Crippen molar-refractivity contribution in [3.63, 3.8) is 0 Å². The summed E-state index contributed by atoms with van der Waals surface area (Å²) in [5.41, 5.74) is 9.03. The van der Waals surface area contributed by atoms with Crippen molar-refractivity contribution in [1.29, 1.82) is 5.41 Å². The lowest BCUT2D eigenvalue weighted by Gasteiger charge is -2.24. The topological polar surface area (TPSA) is 149 Å². The molecule has 1 aliphatic heterocycles. The number of amidine groups is 1. The summed E-state index contributed by atoms with van der Waals surface area (Å²) in [4.78, 5) is 40.5. The van der Waals surface area contributed by atoms with Gasteiger partial charge in [0, 0.05) is 23.9 Å². The molecule has 0 bridgehead atoms. The fraction of sp³-hybridized carbons (Fsp3) is 0.310. The van der Waals surface area contributed by atoms with Gasteiger partial charge in [0.25, 0.3) is 0 Å². The van der Waals surface area contributed by atoms with Crippen LogP contribution in [0.15, 0.2) is 66.7 Å². The second-order valence-corrected chi connectivity index (χ2v) is 10.7. The molecule has 1 aromatic heterocycles. The first-order valence-corrected chi connectivity index (χ1v) is 13.7. The highest BCUT2D eigenvalue weighted by molar-refractivity contribution is 7.14. The number of nitrogens with zero attached hydrogens (tertiary/aromatic N) is 1. The first kappa shape index (κ1) is 28.0. The zero-order valence-electron chi connectivity index (χ0n) is 21.6. The zero-order chi connectivity index (χ0) is 27.8. The van der Waals surface area contributed by atoms with Gasteiger partial charge >= 0.3 is 5.97 Å². The van der Waals surface area contributed by atoms with Gasteiger partial charge in [-0.1, -0.05) is 54.6 Å². The molecule has 2 aromatic carbocycles. The van der Waals surface area contributed by atoms with E-state index in [1.54, 1.807) is 11.0 Å². The average Bonchev–Trinajstić information content (AvgIpc) is 3.59. The van der Waals surface area contributed by atoms with Crippen LogP contribution in [0.25, 0.3) is 0 Å². The van der Waals surface area contributed by atoms with Gasteiger partial charge in [0.1, 0.15) is 11.9 Å². The van der Waals surface area contributed by atoms with Crippen molar-refractivity contribution in [1.82, 2.24) is 15.5 Å². The number of aliphatic carboxylic acids is 1. The second kappa shape index (κ2) is 13.2. The van der Waals surface area contributed by atoms with Crippen LogP contribution >= 0.6 is 11.3 Å². The molecule has 204 valence electrons. The average molecular weight is 548 g/mol. The third-order valence-corrected chi connectivity index (χ3v) is 7.93. The van der Waals surface area contributed by atoms with Gasteiger partial charge < -0.3 is 26.4 Å². The van der Waals surface area contributed by atoms with Crippen LogP contribution in [0.1, 0.15) is 45.2 Å². The molecule has 2 heterocycles. The number of benzene rings is 2. The number of hydrogen-bond acceptors (Lipinski definition) is 6. The third kappa shape index (κ3) is 7.52. The number of rotatable bonds is 12. The second-order valence-electron chi connectivity index (χ2n) is 9.57. The van der Waals surface area contributed by atoms with E-state index in [0.717, 1.165) is 22.4 Å². The van der Waals surface area contributed by atoms with Gasteiger partial charge in [0.15, 0.2) is 0 Å². The smallest absolute Gasteiger partial charge is 0.304 e. The van der Waals surface area contributed by atoms with Crippen LogP contribution in [0.3, 0.4) is 0 Å². The predicted octanol–water partition coefficient (Wildman–Crippen LogP) is 2.69. The molecule has 2 atom stereocenters. The van der Waals surface area contributed by atoms with E-state index in [2.05, 4.69) is 34.9 Å². The number of likely N-dealkylation sites (tertiary alicyclic amines) is 1. The molecule has 3 aromatic rings. The maximum atomic E-state index is 13.4. The van der Waals surface area contributed by atoms with Crippen LogP contribution < -0.4 is 16.4 Å². The molecule has 1 aliphatic rings. The van der Waals surface area contributed by atoms with Crippen LogP contribution in [0, 0.1) is 5.41 Å². The fourth-order valence-corrected chi connectivity index (χ4v) is 5.71. The lowest BCUT2D eigenvalue weighted by Crippen LogP contribution is -2.48. The van der Waals surface area contributed by atoms with E-state index in [0.29, 0.717) is 17.8 Å². The number of nitrogens with two attached hydrogens (primary N) is 1. The number of hydrogen-bond donors (Lipinski definition) is 5. The lowest BCUT2D eigenvalue weighted by molar-refractivity contribution is -0.138. The van der Waals surface area contributed by atoms with E-state index >= 15 is 0 Å². The molecule has 0 radical (unpaired) electrons. The number of carbonyl (C=O) groups excluding carboxylic acids is 2. The molecular formula is C29H33N5O4S. The van der Waals surface area contributed by atoms with E-state index in [1.165, 1.54) is 16.9 Å². The summed E-state index contributed by atoms with van der Waals surface area (Å²) in [5, 5.41) is 22.3. The normalized spacial score (nSPS) is 16.7. The summed E-state index contributed by atoms with van der Waals surface area (Å²) >= 11 is 1.35.